The number of nitrogens with two attached hydrogens (primary N) is 3. The Morgan fingerprint density at radius 3 is 1.30 bits per heavy atom. The van der Waals surface area contributed by atoms with Crippen LogP contribution in [-0.2, 0) is 0 Å². The first-order valence-corrected chi connectivity index (χ1v) is 3.91. The van der Waals surface area contributed by atoms with Crippen molar-refractivity contribution in [3.63, 3.8) is 0 Å². The van der Waals surface area contributed by atoms with Gasteiger partial charge in [0, 0.05) is 6.15 Å². The quantitative estimate of drug-likeness (QED) is 0.216. The smallest absolute Gasteiger partial charge is 0.291 e. The fraction of sp³-hybridized carbons (Fsp3) is 0.833. The predicted octanol–water partition coefficient (Wildman–Crippen LogP) is -1.52. The highest BCUT2D eigenvalue weighted by molar-refractivity contribution is 6.94. The molecule has 0 aromatic carbocycles. The molecular formula is C6H14BN3. The van der Waals surface area contributed by atoms with Crippen LogP contribution in [0.4, 0.5) is 0 Å². The summed E-state index contributed by atoms with van der Waals surface area (Å²) in [5.41, 5.74) is 10.2. The molecule has 0 amide bonds. The maximum absolute atomic E-state index is 4.58. The summed E-state index contributed by atoms with van der Waals surface area (Å²) < 4.78 is 0. The molecule has 6 saturated heterocycles. The fourth-order valence-corrected chi connectivity index (χ4v) is 3.32. The van der Waals surface area contributed by atoms with Gasteiger partial charge in [0.25, 0.3) is 0 Å². The summed E-state index contributed by atoms with van der Waals surface area (Å²) in [5.74, 6) is -0.0833. The van der Waals surface area contributed by atoms with Crippen LogP contribution in [0.15, 0.2) is 0 Å². The lowest BCUT2D eigenvalue weighted by molar-refractivity contribution is -0.116. The normalized spacial score (nSPS) is 50.4. The third-order valence-corrected chi connectivity index (χ3v) is 3.46. The molecular weight excluding hydrogens is 125 g/mol. The van der Waals surface area contributed by atoms with Crippen LogP contribution in [-0.4, -0.2) is 12.1 Å². The van der Waals surface area contributed by atoms with E-state index in [1.807, 2.05) is 0 Å². The molecule has 10 heavy (non-hydrogen) atoms. The number of hydrogen-bond acceptors (Lipinski definition) is 0. The molecule has 56 valence electrons. The molecule has 3 nitrogen and oxygen atoms in total. The van der Waals surface area contributed by atoms with Crippen LogP contribution in [0.5, 0.6) is 0 Å². The molecule has 6 fully saturated rings. The summed E-state index contributed by atoms with van der Waals surface area (Å²) in [6.07, 6.45) is 7.22. The molecule has 0 saturated carbocycles. The molecule has 0 spiro atoms. The van der Waals surface area contributed by atoms with Crippen LogP contribution in [0, 0.1) is 5.41 Å². The molecule has 0 aliphatic carbocycles. The van der Waals surface area contributed by atoms with Crippen LogP contribution >= 0.6 is 0 Å². The number of hydrogen-bond donors (Lipinski definition) is 3. The second kappa shape index (κ2) is 1.33. The highest BCUT2D eigenvalue weighted by atomic mass is 14.9. The molecule has 0 atom stereocenters. The molecule has 6 rings (SSSR count). The summed E-state index contributed by atoms with van der Waals surface area (Å²) in [4.78, 5) is 0. The second-order valence-corrected chi connectivity index (χ2v) is 4.55. The highest BCUT2D eigenvalue weighted by Gasteiger charge is 2.70. The molecule has 6 aliphatic heterocycles. The molecule has 6 aliphatic rings. The highest BCUT2D eigenvalue weighted by Crippen LogP contribution is 2.86. The van der Waals surface area contributed by atoms with Crippen molar-refractivity contribution in [3.8, 4) is 0 Å². The number of guanidine groups is 1. The zero-order chi connectivity index (χ0) is 7.41. The lowest BCUT2D eigenvalue weighted by Crippen LogP contribution is -2.83. The Kier molecular flexibility index (Phi) is 0.810. The van der Waals surface area contributed by atoms with Crippen molar-refractivity contribution < 1.29 is 5.41 Å². The van der Waals surface area contributed by atoms with Gasteiger partial charge in [-0.25, -0.2) is 0 Å². The fourth-order valence-electron chi connectivity index (χ4n) is 3.32. The second-order valence-electron chi connectivity index (χ2n) is 4.55. The maximum Gasteiger partial charge on any atom is 0.336 e. The van der Waals surface area contributed by atoms with Gasteiger partial charge < -0.3 is 0 Å². The van der Waals surface area contributed by atoms with Crippen LogP contribution < -0.4 is 16.9 Å². The minimum atomic E-state index is -0.0833. The molecule has 0 unspecified atom stereocenters. The van der Waals surface area contributed by atoms with Gasteiger partial charge in [-0.1, -0.05) is 0 Å². The summed E-state index contributed by atoms with van der Waals surface area (Å²) in [6.45, 7) is 0. The van der Waals surface area contributed by atoms with Crippen molar-refractivity contribution in [2.24, 2.45) is 16.9 Å². The minimum absolute atomic E-state index is 0.0833. The van der Waals surface area contributed by atoms with E-state index in [0.29, 0.717) is 6.15 Å². The van der Waals surface area contributed by atoms with Gasteiger partial charge >= 0.3 is 5.96 Å². The Morgan fingerprint density at radius 2 is 1.30 bits per heavy atom. The van der Waals surface area contributed by atoms with Gasteiger partial charge in [0.05, 0.1) is 0 Å². The third-order valence-electron chi connectivity index (χ3n) is 3.46. The van der Waals surface area contributed by atoms with Gasteiger partial charge in [-0.2, -0.15) is 30.7 Å². The van der Waals surface area contributed by atoms with Crippen molar-refractivity contribution in [2.75, 3.05) is 0 Å². The zero-order valence-corrected chi connectivity index (χ0v) is 6.14. The molecule has 2 bridgehead atoms. The van der Waals surface area contributed by atoms with Gasteiger partial charge in [-0.05, 0) is 0 Å². The van der Waals surface area contributed by atoms with E-state index in [2.05, 4.69) is 16.9 Å². The van der Waals surface area contributed by atoms with Crippen LogP contribution in [0.2, 0.25) is 25.3 Å². The van der Waals surface area contributed by atoms with Crippen molar-refractivity contribution >= 4 is 12.1 Å². The largest absolute Gasteiger partial charge is 0.336 e. The van der Waals surface area contributed by atoms with Crippen molar-refractivity contribution in [1.82, 2.24) is 0 Å². The summed E-state index contributed by atoms with van der Waals surface area (Å²) in [6, 6.07) is 0. The topological polar surface area (TPSA) is 77.6 Å². The van der Waals surface area contributed by atoms with Crippen LogP contribution in [0.25, 0.3) is 0 Å². The third kappa shape index (κ3) is 0.541. The number of rotatable bonds is 0. The Morgan fingerprint density at radius 1 is 1.20 bits per heavy atom. The SMILES string of the molecule is C1[B-]23CC1(C2)C3.NC(N)=[NH2+]. The standard InChI is InChI=1S/C5H8B.CH5N3/c1-5-2-6(1,3-5)4-5;2-1(3)4/h1-4H2;(H5,2,3,4)/q-1;/p+1. The van der Waals surface area contributed by atoms with E-state index in [4.69, 9.17) is 0 Å². The monoisotopic (exact) mass is 139 g/mol. The van der Waals surface area contributed by atoms with E-state index in [1.165, 1.54) is 0 Å². The van der Waals surface area contributed by atoms with E-state index < -0.39 is 0 Å². The van der Waals surface area contributed by atoms with Gasteiger partial charge in [0.15, 0.2) is 0 Å². The summed E-state index contributed by atoms with van der Waals surface area (Å²) >= 11 is 0. The molecule has 0 aromatic rings. The lowest BCUT2D eigenvalue weighted by Gasteiger charge is -2.96. The summed E-state index contributed by atoms with van der Waals surface area (Å²) in [5, 5.41) is 4.58. The molecule has 4 heteroatoms. The van der Waals surface area contributed by atoms with Crippen LogP contribution in [0.1, 0.15) is 0 Å². The van der Waals surface area contributed by atoms with Crippen LogP contribution in [0.3, 0.4) is 0 Å². The molecule has 6 heterocycles. The van der Waals surface area contributed by atoms with E-state index >= 15 is 0 Å². The first kappa shape index (κ1) is 6.07. The van der Waals surface area contributed by atoms with Gasteiger partial charge in [-0.15, -0.1) is 0 Å². The Bertz CT molecular complexity index is 150. The van der Waals surface area contributed by atoms with E-state index in [-0.39, 0.29) is 5.96 Å². The molecule has 0 aromatic heterocycles. The molecule has 6 N–H and O–H groups in total. The van der Waals surface area contributed by atoms with Gasteiger partial charge in [0.2, 0.25) is 0 Å². The van der Waals surface area contributed by atoms with E-state index in [1.54, 1.807) is 25.3 Å². The lowest BCUT2D eigenvalue weighted by atomic mass is 8.79. The maximum atomic E-state index is 4.58. The predicted molar refractivity (Wildman–Crippen MR) is 42.7 cm³/mol. The van der Waals surface area contributed by atoms with Gasteiger partial charge in [-0.3, -0.25) is 16.9 Å². The van der Waals surface area contributed by atoms with Gasteiger partial charge in [0.1, 0.15) is 0 Å². The van der Waals surface area contributed by atoms with E-state index in [9.17, 15) is 0 Å². The zero-order valence-electron chi connectivity index (χ0n) is 6.14. The first-order chi connectivity index (χ1) is 4.56. The van der Waals surface area contributed by atoms with Crippen molar-refractivity contribution in [3.05, 3.63) is 0 Å². The Balaban J connectivity index is 0.0000000917. The average Bonchev–Trinajstić information content (AvgIpc) is 1.06. The molecule has 0 radical (unpaired) electrons. The Labute approximate surface area is 60.6 Å². The first-order valence-electron chi connectivity index (χ1n) is 3.91. The van der Waals surface area contributed by atoms with E-state index in [0.717, 1.165) is 5.41 Å². The van der Waals surface area contributed by atoms with Crippen molar-refractivity contribution in [1.29, 1.82) is 0 Å². The Hall–Kier alpha value is -0.665. The summed E-state index contributed by atoms with van der Waals surface area (Å²) in [7, 11) is 0. The minimum Gasteiger partial charge on any atom is -0.291 e. The average molecular weight is 139 g/mol. The van der Waals surface area contributed by atoms with Crippen molar-refractivity contribution in [2.45, 2.75) is 25.3 Å².